The van der Waals surface area contributed by atoms with Gasteiger partial charge in [-0.2, -0.15) is 10.2 Å². The topological polar surface area (TPSA) is 81.4 Å². The third-order valence-electron chi connectivity index (χ3n) is 3.39. The van der Waals surface area contributed by atoms with E-state index in [1.54, 1.807) is 6.21 Å². The van der Waals surface area contributed by atoms with E-state index in [1.165, 1.54) is 17.3 Å². The number of amides is 1. The summed E-state index contributed by atoms with van der Waals surface area (Å²) >= 11 is 3.41. The number of rotatable bonds is 7. The zero-order valence-corrected chi connectivity index (χ0v) is 15.3. The maximum atomic E-state index is 11.8. The second-order valence-electron chi connectivity index (χ2n) is 5.34. The monoisotopic (exact) mass is 413 g/mol. The van der Waals surface area contributed by atoms with Gasteiger partial charge in [0.25, 0.3) is 5.91 Å². The first-order valence-electron chi connectivity index (χ1n) is 7.81. The van der Waals surface area contributed by atoms with Crippen molar-refractivity contribution in [1.29, 1.82) is 0 Å². The van der Waals surface area contributed by atoms with Gasteiger partial charge in [-0.25, -0.2) is 15.1 Å². The first-order valence-corrected chi connectivity index (χ1v) is 8.60. The van der Waals surface area contributed by atoms with Gasteiger partial charge in [-0.1, -0.05) is 40.2 Å². The van der Waals surface area contributed by atoms with Crippen molar-refractivity contribution in [3.8, 4) is 5.75 Å². The van der Waals surface area contributed by atoms with Crippen LogP contribution in [0, 0.1) is 0 Å². The Labute approximate surface area is 158 Å². The largest absolute Gasteiger partial charge is 0.488 e. The van der Waals surface area contributed by atoms with E-state index in [-0.39, 0.29) is 12.5 Å². The molecule has 1 N–H and O–H groups in total. The number of halogens is 1. The molecule has 0 saturated carbocycles. The predicted molar refractivity (Wildman–Crippen MR) is 101 cm³/mol. The van der Waals surface area contributed by atoms with Gasteiger partial charge in [0.05, 0.1) is 6.21 Å². The highest BCUT2D eigenvalue weighted by Crippen LogP contribution is 2.18. The Morgan fingerprint density at radius 3 is 2.81 bits per heavy atom. The minimum absolute atomic E-state index is 0.0546. The molecule has 2 aromatic carbocycles. The summed E-state index contributed by atoms with van der Waals surface area (Å²) in [6.45, 7) is 0.496. The van der Waals surface area contributed by atoms with Gasteiger partial charge in [0.15, 0.2) is 0 Å². The molecule has 1 aromatic heterocycles. The molecular weight excluding hydrogens is 398 g/mol. The lowest BCUT2D eigenvalue weighted by Crippen LogP contribution is -2.23. The molecule has 0 spiro atoms. The minimum atomic E-state index is -0.292. The molecular formula is C18H16BrN5O2. The summed E-state index contributed by atoms with van der Waals surface area (Å²) in [7, 11) is 0. The lowest BCUT2D eigenvalue weighted by atomic mass is 10.2. The van der Waals surface area contributed by atoms with Crippen molar-refractivity contribution in [2.24, 2.45) is 5.10 Å². The Morgan fingerprint density at radius 2 is 2.04 bits per heavy atom. The lowest BCUT2D eigenvalue weighted by molar-refractivity contribution is -0.121. The first-order chi connectivity index (χ1) is 12.7. The summed E-state index contributed by atoms with van der Waals surface area (Å²) < 4.78 is 8.30. The molecule has 1 amide bonds. The van der Waals surface area contributed by atoms with E-state index in [9.17, 15) is 4.79 Å². The Bertz CT molecular complexity index is 879. The highest BCUT2D eigenvalue weighted by Gasteiger charge is 2.03. The van der Waals surface area contributed by atoms with E-state index in [0.29, 0.717) is 12.4 Å². The molecule has 0 atom stereocenters. The summed E-state index contributed by atoms with van der Waals surface area (Å²) in [5, 5.41) is 7.84. The molecule has 0 aliphatic heterocycles. The molecule has 3 aromatic rings. The third-order valence-corrected chi connectivity index (χ3v) is 3.92. The van der Waals surface area contributed by atoms with Crippen LogP contribution in [0.2, 0.25) is 0 Å². The van der Waals surface area contributed by atoms with Crippen LogP contribution in [0.15, 0.2) is 70.8 Å². The van der Waals surface area contributed by atoms with Gasteiger partial charge in [-0.3, -0.25) is 4.79 Å². The number of carbonyl (C=O) groups excluding carboxylic acids is 1. The molecule has 0 fully saturated rings. The van der Waals surface area contributed by atoms with Crippen LogP contribution in [0.3, 0.4) is 0 Å². The normalized spacial score (nSPS) is 10.8. The SMILES string of the molecule is O=C(Cn1cncn1)N/N=C/c1ccccc1OCc1ccc(Br)cc1. The molecule has 0 unspecified atom stereocenters. The molecule has 0 aliphatic rings. The van der Waals surface area contributed by atoms with Gasteiger partial charge in [0, 0.05) is 10.0 Å². The van der Waals surface area contributed by atoms with Crippen molar-refractivity contribution in [1.82, 2.24) is 20.2 Å². The van der Waals surface area contributed by atoms with Crippen molar-refractivity contribution in [2.75, 3.05) is 0 Å². The first kappa shape index (κ1) is 17.8. The molecule has 0 saturated heterocycles. The van der Waals surface area contributed by atoms with Crippen LogP contribution in [0.5, 0.6) is 5.75 Å². The zero-order valence-electron chi connectivity index (χ0n) is 13.7. The maximum absolute atomic E-state index is 11.8. The Hall–Kier alpha value is -3.00. The number of nitrogens with one attached hydrogen (secondary N) is 1. The molecule has 0 aliphatic carbocycles. The van der Waals surface area contributed by atoms with Crippen molar-refractivity contribution >= 4 is 28.1 Å². The van der Waals surface area contributed by atoms with E-state index >= 15 is 0 Å². The van der Waals surface area contributed by atoms with E-state index in [2.05, 4.69) is 36.5 Å². The highest BCUT2D eigenvalue weighted by molar-refractivity contribution is 9.10. The Morgan fingerprint density at radius 1 is 1.23 bits per heavy atom. The molecule has 0 bridgehead atoms. The fourth-order valence-electron chi connectivity index (χ4n) is 2.13. The number of carbonyl (C=O) groups is 1. The van der Waals surface area contributed by atoms with Crippen LogP contribution in [0.25, 0.3) is 0 Å². The van der Waals surface area contributed by atoms with Crippen LogP contribution in [0.4, 0.5) is 0 Å². The van der Waals surface area contributed by atoms with Gasteiger partial charge in [-0.15, -0.1) is 0 Å². The minimum Gasteiger partial charge on any atom is -0.488 e. The molecule has 132 valence electrons. The quantitative estimate of drug-likeness (QED) is 0.476. The number of aromatic nitrogens is 3. The lowest BCUT2D eigenvalue weighted by Gasteiger charge is -2.09. The molecule has 0 radical (unpaired) electrons. The average Bonchev–Trinajstić information content (AvgIpc) is 3.15. The van der Waals surface area contributed by atoms with Crippen molar-refractivity contribution in [2.45, 2.75) is 13.2 Å². The molecule has 8 heteroatoms. The van der Waals surface area contributed by atoms with Gasteiger partial charge in [0.2, 0.25) is 0 Å². The van der Waals surface area contributed by atoms with Crippen LogP contribution >= 0.6 is 15.9 Å². The van der Waals surface area contributed by atoms with Crippen LogP contribution < -0.4 is 10.2 Å². The van der Waals surface area contributed by atoms with Crippen LogP contribution in [-0.4, -0.2) is 26.9 Å². The molecule has 26 heavy (non-hydrogen) atoms. The summed E-state index contributed by atoms with van der Waals surface area (Å²) in [5.41, 5.74) is 4.28. The van der Waals surface area contributed by atoms with Crippen molar-refractivity contribution in [3.05, 3.63) is 76.8 Å². The number of ether oxygens (including phenoxy) is 1. The number of nitrogens with zero attached hydrogens (tertiary/aromatic N) is 4. The van der Waals surface area contributed by atoms with Gasteiger partial charge < -0.3 is 4.74 Å². The standard InChI is InChI=1S/C18H16BrN5O2/c19-16-7-5-14(6-8-16)11-26-17-4-2-1-3-15(17)9-21-23-18(25)10-24-13-20-12-22-24/h1-9,12-13H,10-11H2,(H,23,25)/b21-9+. The van der Waals surface area contributed by atoms with Gasteiger partial charge in [-0.05, 0) is 29.8 Å². The van der Waals surface area contributed by atoms with Gasteiger partial charge in [0.1, 0.15) is 31.6 Å². The summed E-state index contributed by atoms with van der Waals surface area (Å²) in [4.78, 5) is 15.6. The van der Waals surface area contributed by atoms with Crippen molar-refractivity contribution in [3.63, 3.8) is 0 Å². The summed E-state index contributed by atoms with van der Waals surface area (Å²) in [5.74, 6) is 0.393. The predicted octanol–water partition coefficient (Wildman–Crippen LogP) is 2.77. The second kappa shape index (κ2) is 8.91. The number of hydrazone groups is 1. The van der Waals surface area contributed by atoms with Crippen molar-refractivity contribution < 1.29 is 9.53 Å². The van der Waals surface area contributed by atoms with E-state index in [4.69, 9.17) is 4.74 Å². The number of para-hydroxylation sites is 1. The summed E-state index contributed by atoms with van der Waals surface area (Å²) in [6, 6.07) is 15.4. The number of hydrogen-bond acceptors (Lipinski definition) is 5. The van der Waals surface area contributed by atoms with Crippen LogP contribution in [-0.2, 0) is 17.9 Å². The fraction of sp³-hybridized carbons (Fsp3) is 0.111. The zero-order chi connectivity index (χ0) is 18.2. The maximum Gasteiger partial charge on any atom is 0.261 e. The Balaban J connectivity index is 1.57. The number of benzene rings is 2. The molecule has 7 nitrogen and oxygen atoms in total. The van der Waals surface area contributed by atoms with E-state index in [1.807, 2.05) is 48.5 Å². The summed E-state index contributed by atoms with van der Waals surface area (Å²) in [6.07, 6.45) is 4.39. The highest BCUT2D eigenvalue weighted by atomic mass is 79.9. The number of hydrogen-bond donors (Lipinski definition) is 1. The van der Waals surface area contributed by atoms with E-state index in [0.717, 1.165) is 15.6 Å². The smallest absolute Gasteiger partial charge is 0.261 e. The Kier molecular flexibility index (Phi) is 6.10. The molecule has 1 heterocycles. The second-order valence-corrected chi connectivity index (χ2v) is 6.25. The van der Waals surface area contributed by atoms with Gasteiger partial charge >= 0.3 is 0 Å². The average molecular weight is 414 g/mol. The van der Waals surface area contributed by atoms with Crippen LogP contribution in [0.1, 0.15) is 11.1 Å². The van der Waals surface area contributed by atoms with E-state index < -0.39 is 0 Å². The molecule has 3 rings (SSSR count). The fourth-order valence-corrected chi connectivity index (χ4v) is 2.40. The third kappa shape index (κ3) is 5.25.